The van der Waals surface area contributed by atoms with Crippen LogP contribution in [0.4, 0.5) is 4.79 Å². The van der Waals surface area contributed by atoms with Gasteiger partial charge in [0.25, 0.3) is 0 Å². The Hall–Kier alpha value is -3.15. The molecule has 0 aliphatic heterocycles. The molecule has 3 rings (SSSR count). The van der Waals surface area contributed by atoms with Crippen LogP contribution in [0.2, 0.25) is 0 Å². The fourth-order valence-corrected chi connectivity index (χ4v) is 2.35. The molecule has 0 atom stereocenters. The van der Waals surface area contributed by atoms with Gasteiger partial charge >= 0.3 is 6.03 Å². The Balaban J connectivity index is 1.36. The Morgan fingerprint density at radius 1 is 0.920 bits per heavy atom. The Labute approximate surface area is 146 Å². The van der Waals surface area contributed by atoms with E-state index in [0.29, 0.717) is 31.8 Å². The molecule has 0 aliphatic carbocycles. The van der Waals surface area contributed by atoms with E-state index in [1.807, 2.05) is 48.5 Å². The summed E-state index contributed by atoms with van der Waals surface area (Å²) in [5.41, 5.74) is 2.71. The molecule has 6 heteroatoms. The third-order valence-electron chi connectivity index (χ3n) is 3.63. The van der Waals surface area contributed by atoms with Crippen LogP contribution in [0, 0.1) is 0 Å². The van der Waals surface area contributed by atoms with Crippen LogP contribution in [-0.4, -0.2) is 29.1 Å². The van der Waals surface area contributed by atoms with E-state index < -0.39 is 0 Å². The van der Waals surface area contributed by atoms with Crippen molar-refractivity contribution >= 4 is 6.03 Å². The molecule has 2 aromatic heterocycles. The molecule has 1 aromatic carbocycles. The first kappa shape index (κ1) is 16.7. The summed E-state index contributed by atoms with van der Waals surface area (Å²) in [4.78, 5) is 20.4. The summed E-state index contributed by atoms with van der Waals surface area (Å²) >= 11 is 0. The number of carbonyl (C=O) groups is 1. The van der Waals surface area contributed by atoms with Crippen molar-refractivity contribution in [2.75, 3.05) is 13.1 Å². The minimum atomic E-state index is -0.192. The molecule has 2 amide bonds. The third kappa shape index (κ3) is 5.17. The second kappa shape index (κ2) is 8.63. The maximum absolute atomic E-state index is 11.8. The molecule has 0 aliphatic rings. The van der Waals surface area contributed by atoms with Gasteiger partial charge in [-0.05, 0) is 24.3 Å². The Kier molecular flexibility index (Phi) is 5.77. The maximum atomic E-state index is 11.8. The van der Waals surface area contributed by atoms with Gasteiger partial charge in [0.2, 0.25) is 5.89 Å². The number of hydrogen-bond donors (Lipinski definition) is 2. The highest BCUT2D eigenvalue weighted by Crippen LogP contribution is 2.17. The highest BCUT2D eigenvalue weighted by atomic mass is 16.3. The first-order chi connectivity index (χ1) is 12.3. The number of hydrogen-bond acceptors (Lipinski definition) is 4. The summed E-state index contributed by atoms with van der Waals surface area (Å²) < 4.78 is 5.48. The first-order valence-corrected chi connectivity index (χ1v) is 8.23. The summed E-state index contributed by atoms with van der Waals surface area (Å²) in [6.07, 6.45) is 4.70. The lowest BCUT2D eigenvalue weighted by Crippen LogP contribution is -2.37. The molecule has 0 unspecified atom stereocenters. The molecule has 25 heavy (non-hydrogen) atoms. The number of oxazole rings is 1. The van der Waals surface area contributed by atoms with Crippen molar-refractivity contribution < 1.29 is 9.21 Å². The van der Waals surface area contributed by atoms with E-state index in [-0.39, 0.29) is 6.03 Å². The molecule has 0 bridgehead atoms. The van der Waals surface area contributed by atoms with Crippen molar-refractivity contribution in [3.05, 3.63) is 72.4 Å². The molecule has 0 saturated heterocycles. The lowest BCUT2D eigenvalue weighted by Gasteiger charge is -2.06. The lowest BCUT2D eigenvalue weighted by molar-refractivity contribution is 0.241. The summed E-state index contributed by atoms with van der Waals surface area (Å²) in [5.74, 6) is 0.593. The van der Waals surface area contributed by atoms with Gasteiger partial charge in [-0.3, -0.25) is 4.98 Å². The number of pyridine rings is 1. The van der Waals surface area contributed by atoms with Gasteiger partial charge < -0.3 is 15.1 Å². The number of nitrogens with zero attached hydrogens (tertiary/aromatic N) is 2. The van der Waals surface area contributed by atoms with Gasteiger partial charge in [-0.1, -0.05) is 24.3 Å². The van der Waals surface area contributed by atoms with Crippen LogP contribution in [0.15, 0.2) is 65.4 Å². The van der Waals surface area contributed by atoms with Gasteiger partial charge in [0.15, 0.2) is 0 Å². The topological polar surface area (TPSA) is 80.0 Å². The van der Waals surface area contributed by atoms with Crippen LogP contribution in [0.5, 0.6) is 0 Å². The first-order valence-electron chi connectivity index (χ1n) is 8.23. The smallest absolute Gasteiger partial charge is 0.314 e. The van der Waals surface area contributed by atoms with Crippen LogP contribution >= 0.6 is 0 Å². The van der Waals surface area contributed by atoms with Gasteiger partial charge in [0.1, 0.15) is 6.26 Å². The fraction of sp³-hybridized carbons (Fsp3) is 0.211. The van der Waals surface area contributed by atoms with Crippen molar-refractivity contribution in [1.29, 1.82) is 0 Å². The average molecular weight is 336 g/mol. The Bertz CT molecular complexity index is 787. The highest BCUT2D eigenvalue weighted by molar-refractivity contribution is 5.73. The van der Waals surface area contributed by atoms with Gasteiger partial charge in [0.05, 0.1) is 5.69 Å². The van der Waals surface area contributed by atoms with Crippen molar-refractivity contribution in [3.63, 3.8) is 0 Å². The molecule has 0 radical (unpaired) electrons. The second-order valence-corrected chi connectivity index (χ2v) is 5.51. The van der Waals surface area contributed by atoms with E-state index in [2.05, 4.69) is 20.6 Å². The van der Waals surface area contributed by atoms with Gasteiger partial charge in [0, 0.05) is 43.4 Å². The summed E-state index contributed by atoms with van der Waals surface area (Å²) in [7, 11) is 0. The number of benzene rings is 1. The highest BCUT2D eigenvalue weighted by Gasteiger charge is 2.07. The molecular formula is C19H20N4O2. The zero-order chi connectivity index (χ0) is 17.3. The van der Waals surface area contributed by atoms with Crippen LogP contribution in [0.1, 0.15) is 11.4 Å². The van der Waals surface area contributed by atoms with Gasteiger partial charge in [-0.25, -0.2) is 9.78 Å². The molecule has 0 fully saturated rings. The summed E-state index contributed by atoms with van der Waals surface area (Å²) in [6.45, 7) is 1.04. The number of rotatable bonds is 7. The van der Waals surface area contributed by atoms with Crippen molar-refractivity contribution in [2.24, 2.45) is 0 Å². The summed E-state index contributed by atoms with van der Waals surface area (Å²) in [6, 6.07) is 15.3. The van der Waals surface area contributed by atoms with Crippen molar-refractivity contribution in [2.45, 2.75) is 12.8 Å². The SMILES string of the molecule is O=C(NCCc1ccccn1)NCCc1coc(-c2ccccc2)n1. The summed E-state index contributed by atoms with van der Waals surface area (Å²) in [5, 5.41) is 5.63. The molecule has 3 aromatic rings. The fourth-order valence-electron chi connectivity index (χ4n) is 2.35. The van der Waals surface area contributed by atoms with Gasteiger partial charge in [-0.15, -0.1) is 0 Å². The van der Waals surface area contributed by atoms with Gasteiger partial charge in [-0.2, -0.15) is 0 Å². The predicted octanol–water partition coefficient (Wildman–Crippen LogP) is 2.82. The van der Waals surface area contributed by atoms with Crippen molar-refractivity contribution in [3.8, 4) is 11.5 Å². The zero-order valence-electron chi connectivity index (χ0n) is 13.8. The molecule has 6 nitrogen and oxygen atoms in total. The van der Waals surface area contributed by atoms with E-state index in [4.69, 9.17) is 4.42 Å². The van der Waals surface area contributed by atoms with Crippen LogP contribution < -0.4 is 10.6 Å². The largest absolute Gasteiger partial charge is 0.444 e. The van der Waals surface area contributed by atoms with E-state index >= 15 is 0 Å². The normalized spacial score (nSPS) is 10.4. The van der Waals surface area contributed by atoms with E-state index in [9.17, 15) is 4.79 Å². The number of urea groups is 1. The quantitative estimate of drug-likeness (QED) is 0.695. The molecule has 2 heterocycles. The number of carbonyl (C=O) groups excluding carboxylic acids is 1. The Morgan fingerprint density at radius 2 is 1.64 bits per heavy atom. The van der Waals surface area contributed by atoms with Crippen LogP contribution in [0.25, 0.3) is 11.5 Å². The monoisotopic (exact) mass is 336 g/mol. The average Bonchev–Trinajstić information content (AvgIpc) is 3.12. The van der Waals surface area contributed by atoms with Crippen LogP contribution in [0.3, 0.4) is 0 Å². The molecule has 0 saturated carbocycles. The number of amides is 2. The lowest BCUT2D eigenvalue weighted by atomic mass is 10.2. The zero-order valence-corrected chi connectivity index (χ0v) is 13.8. The van der Waals surface area contributed by atoms with Crippen LogP contribution in [-0.2, 0) is 12.8 Å². The second-order valence-electron chi connectivity index (χ2n) is 5.51. The standard InChI is InChI=1S/C19H20N4O2/c24-19(21-12-9-16-8-4-5-11-20-16)22-13-10-17-14-25-18(23-17)15-6-2-1-3-7-15/h1-8,11,14H,9-10,12-13H2,(H2,21,22,24). The van der Waals surface area contributed by atoms with E-state index in [1.54, 1.807) is 12.5 Å². The molecular weight excluding hydrogens is 316 g/mol. The number of nitrogens with one attached hydrogen (secondary N) is 2. The minimum absolute atomic E-state index is 0.192. The minimum Gasteiger partial charge on any atom is -0.444 e. The Morgan fingerprint density at radius 3 is 2.36 bits per heavy atom. The third-order valence-corrected chi connectivity index (χ3v) is 3.63. The van der Waals surface area contributed by atoms with Crippen molar-refractivity contribution in [1.82, 2.24) is 20.6 Å². The predicted molar refractivity (Wildman–Crippen MR) is 95.0 cm³/mol. The molecule has 0 spiro atoms. The maximum Gasteiger partial charge on any atom is 0.314 e. The molecule has 128 valence electrons. The van der Waals surface area contributed by atoms with E-state index in [0.717, 1.165) is 17.0 Å². The van der Waals surface area contributed by atoms with E-state index in [1.165, 1.54) is 0 Å². The molecule has 2 N–H and O–H groups in total. The number of aromatic nitrogens is 2.